The molecule has 2 amide bonds. The number of hydrogen-bond acceptors (Lipinski definition) is 6. The quantitative estimate of drug-likeness (QED) is 0.671. The number of aromatic nitrogens is 1. The predicted octanol–water partition coefficient (Wildman–Crippen LogP) is 3.70. The Bertz CT molecular complexity index is 1130. The molecule has 1 fully saturated rings. The molecule has 2 N–H and O–H groups in total. The number of ether oxygens (including phenoxy) is 2. The lowest BCUT2D eigenvalue weighted by Gasteiger charge is -2.13. The zero-order valence-corrected chi connectivity index (χ0v) is 16.2. The van der Waals surface area contributed by atoms with Gasteiger partial charge in [-0.25, -0.2) is 0 Å². The van der Waals surface area contributed by atoms with Gasteiger partial charge in [-0.3, -0.25) is 9.59 Å². The molecule has 0 radical (unpaired) electrons. The molecule has 0 saturated heterocycles. The molecule has 0 unspecified atom stereocenters. The largest absolute Gasteiger partial charge is 0.454 e. The second-order valence-corrected chi connectivity index (χ2v) is 7.44. The van der Waals surface area contributed by atoms with Crippen LogP contribution in [0, 0.1) is 0 Å². The van der Waals surface area contributed by atoms with E-state index in [2.05, 4.69) is 15.8 Å². The lowest BCUT2D eigenvalue weighted by atomic mass is 10.00. The van der Waals surface area contributed by atoms with Crippen molar-refractivity contribution in [2.45, 2.75) is 25.2 Å². The first-order valence-electron chi connectivity index (χ1n) is 9.60. The van der Waals surface area contributed by atoms with Gasteiger partial charge in [0.25, 0.3) is 0 Å². The lowest BCUT2D eigenvalue weighted by Crippen LogP contribution is -2.28. The molecular formula is C22H19N3O5. The first kappa shape index (κ1) is 18.2. The molecule has 8 nitrogen and oxygen atoms in total. The molecule has 0 bridgehead atoms. The number of carbonyl (C=O) groups is 2. The van der Waals surface area contributed by atoms with Gasteiger partial charge in [0.15, 0.2) is 17.3 Å². The Morgan fingerprint density at radius 2 is 1.63 bits per heavy atom. The van der Waals surface area contributed by atoms with Crippen molar-refractivity contribution in [2.75, 3.05) is 17.4 Å². The van der Waals surface area contributed by atoms with Crippen LogP contribution in [0.5, 0.6) is 11.5 Å². The van der Waals surface area contributed by atoms with E-state index in [-0.39, 0.29) is 18.6 Å². The molecule has 0 spiro atoms. The Hall–Kier alpha value is -3.81. The van der Waals surface area contributed by atoms with Gasteiger partial charge in [-0.05, 0) is 55.3 Å². The fourth-order valence-electron chi connectivity index (χ4n) is 3.50. The maximum atomic E-state index is 13.0. The monoisotopic (exact) mass is 405 g/mol. The minimum absolute atomic E-state index is 0.125. The van der Waals surface area contributed by atoms with Crippen LogP contribution in [-0.2, 0) is 15.0 Å². The fourth-order valence-corrected chi connectivity index (χ4v) is 3.50. The molecule has 8 heteroatoms. The summed E-state index contributed by atoms with van der Waals surface area (Å²) in [7, 11) is 0. The summed E-state index contributed by atoms with van der Waals surface area (Å²) < 4.78 is 16.3. The van der Waals surface area contributed by atoms with E-state index in [0.717, 1.165) is 5.56 Å². The highest BCUT2D eigenvalue weighted by molar-refractivity contribution is 6.01. The summed E-state index contributed by atoms with van der Waals surface area (Å²) in [6, 6.07) is 14.3. The molecule has 152 valence electrons. The van der Waals surface area contributed by atoms with Crippen molar-refractivity contribution >= 4 is 23.2 Å². The van der Waals surface area contributed by atoms with E-state index in [1.165, 1.54) is 6.92 Å². The van der Waals surface area contributed by atoms with E-state index >= 15 is 0 Å². The van der Waals surface area contributed by atoms with Crippen LogP contribution in [0.1, 0.15) is 25.5 Å². The topological polar surface area (TPSA) is 103 Å². The Kier molecular flexibility index (Phi) is 4.20. The number of amides is 2. The molecule has 1 saturated carbocycles. The van der Waals surface area contributed by atoms with Gasteiger partial charge >= 0.3 is 0 Å². The molecule has 2 aromatic carbocycles. The van der Waals surface area contributed by atoms with E-state index in [4.69, 9.17) is 14.0 Å². The van der Waals surface area contributed by atoms with Gasteiger partial charge in [0.05, 0.1) is 11.1 Å². The van der Waals surface area contributed by atoms with Gasteiger partial charge in [-0.2, -0.15) is 0 Å². The van der Waals surface area contributed by atoms with E-state index < -0.39 is 5.41 Å². The highest BCUT2D eigenvalue weighted by atomic mass is 16.7. The van der Waals surface area contributed by atoms with Crippen LogP contribution in [0.2, 0.25) is 0 Å². The summed E-state index contributed by atoms with van der Waals surface area (Å²) in [4.78, 5) is 24.1. The molecule has 1 aliphatic carbocycles. The molecule has 2 aliphatic rings. The van der Waals surface area contributed by atoms with Gasteiger partial charge in [0, 0.05) is 29.9 Å². The molecule has 30 heavy (non-hydrogen) atoms. The van der Waals surface area contributed by atoms with Crippen molar-refractivity contribution in [3.05, 3.63) is 54.2 Å². The Labute approximate surface area is 172 Å². The van der Waals surface area contributed by atoms with Crippen LogP contribution >= 0.6 is 0 Å². The van der Waals surface area contributed by atoms with Gasteiger partial charge in [-0.1, -0.05) is 5.16 Å². The highest BCUT2D eigenvalue weighted by Crippen LogP contribution is 2.49. The Morgan fingerprint density at radius 1 is 0.933 bits per heavy atom. The standard InChI is InChI=1S/C22H19N3O5/c1-13(26)23-15-3-5-16(6-4-15)24-21(27)22(8-9-22)20-11-18(30-25-20)14-2-7-17-19(10-14)29-12-28-17/h2-7,10-11H,8-9,12H2,1H3,(H,23,26)(H,24,27). The zero-order valence-electron chi connectivity index (χ0n) is 16.2. The minimum Gasteiger partial charge on any atom is -0.454 e. The second kappa shape index (κ2) is 6.91. The average Bonchev–Trinajstić information content (AvgIpc) is 3.17. The van der Waals surface area contributed by atoms with Crippen LogP contribution in [0.15, 0.2) is 53.1 Å². The average molecular weight is 405 g/mol. The van der Waals surface area contributed by atoms with E-state index in [0.29, 0.717) is 47.2 Å². The van der Waals surface area contributed by atoms with Gasteiger partial charge in [0.2, 0.25) is 18.6 Å². The summed E-state index contributed by atoms with van der Waals surface area (Å²) in [6.45, 7) is 1.65. The van der Waals surface area contributed by atoms with Gasteiger partial charge < -0.3 is 24.6 Å². The molecular weight excluding hydrogens is 386 g/mol. The van der Waals surface area contributed by atoms with Crippen LogP contribution in [0.25, 0.3) is 11.3 Å². The number of benzene rings is 2. The molecule has 1 aromatic heterocycles. The third kappa shape index (κ3) is 3.26. The van der Waals surface area contributed by atoms with Crippen molar-refractivity contribution < 1.29 is 23.6 Å². The maximum Gasteiger partial charge on any atom is 0.236 e. The third-order valence-electron chi connectivity index (χ3n) is 5.31. The van der Waals surface area contributed by atoms with E-state index in [9.17, 15) is 9.59 Å². The zero-order chi connectivity index (χ0) is 20.7. The van der Waals surface area contributed by atoms with Crippen molar-refractivity contribution in [1.29, 1.82) is 0 Å². The van der Waals surface area contributed by atoms with Crippen LogP contribution in [0.4, 0.5) is 11.4 Å². The van der Waals surface area contributed by atoms with Crippen LogP contribution in [-0.4, -0.2) is 23.8 Å². The maximum absolute atomic E-state index is 13.0. The number of anilines is 2. The number of nitrogens with zero attached hydrogens (tertiary/aromatic N) is 1. The normalized spacial score (nSPS) is 15.5. The summed E-state index contributed by atoms with van der Waals surface area (Å²) in [5, 5.41) is 9.81. The SMILES string of the molecule is CC(=O)Nc1ccc(NC(=O)C2(c3cc(-c4ccc5c(c4)OCO5)on3)CC2)cc1. The number of nitrogens with one attached hydrogen (secondary N) is 2. The van der Waals surface area contributed by atoms with Crippen LogP contribution < -0.4 is 20.1 Å². The summed E-state index contributed by atoms with van der Waals surface area (Å²) in [6.07, 6.45) is 1.41. The van der Waals surface area contributed by atoms with Crippen molar-refractivity contribution in [2.24, 2.45) is 0 Å². The minimum atomic E-state index is -0.686. The molecule has 3 aromatic rings. The molecule has 0 atom stereocenters. The van der Waals surface area contributed by atoms with Crippen molar-refractivity contribution in [3.8, 4) is 22.8 Å². The van der Waals surface area contributed by atoms with Crippen molar-refractivity contribution in [3.63, 3.8) is 0 Å². The number of hydrogen-bond donors (Lipinski definition) is 2. The summed E-state index contributed by atoms with van der Waals surface area (Å²) >= 11 is 0. The molecule has 1 aliphatic heterocycles. The van der Waals surface area contributed by atoms with Gasteiger partial charge in [-0.15, -0.1) is 0 Å². The fraction of sp³-hybridized carbons (Fsp3) is 0.227. The smallest absolute Gasteiger partial charge is 0.236 e. The Balaban J connectivity index is 1.32. The summed E-state index contributed by atoms with van der Waals surface area (Å²) in [5.74, 6) is 1.66. The Morgan fingerprint density at radius 3 is 2.33 bits per heavy atom. The first-order valence-corrected chi connectivity index (χ1v) is 9.60. The van der Waals surface area contributed by atoms with E-state index in [1.807, 2.05) is 24.3 Å². The summed E-state index contributed by atoms with van der Waals surface area (Å²) in [5.41, 5.74) is 2.06. The van der Waals surface area contributed by atoms with Crippen molar-refractivity contribution in [1.82, 2.24) is 5.16 Å². The molecule has 5 rings (SSSR count). The first-order chi connectivity index (χ1) is 14.5. The second-order valence-electron chi connectivity index (χ2n) is 7.44. The van der Waals surface area contributed by atoms with Crippen LogP contribution in [0.3, 0.4) is 0 Å². The lowest BCUT2D eigenvalue weighted by molar-refractivity contribution is -0.118. The number of fused-ring (bicyclic) bond motifs is 1. The van der Waals surface area contributed by atoms with Gasteiger partial charge in [0.1, 0.15) is 0 Å². The molecule has 2 heterocycles. The third-order valence-corrected chi connectivity index (χ3v) is 5.31. The predicted molar refractivity (Wildman–Crippen MR) is 108 cm³/mol. The van der Waals surface area contributed by atoms with E-state index in [1.54, 1.807) is 24.3 Å². The highest BCUT2D eigenvalue weighted by Gasteiger charge is 2.53. The number of carbonyl (C=O) groups excluding carboxylic acids is 2. The number of rotatable bonds is 5.